The lowest BCUT2D eigenvalue weighted by molar-refractivity contribution is 0.0988. The molecule has 5 heteroatoms. The van der Waals surface area contributed by atoms with Crippen molar-refractivity contribution in [2.45, 2.75) is 13.3 Å². The first-order valence-corrected chi connectivity index (χ1v) is 6.77. The summed E-state index contributed by atoms with van der Waals surface area (Å²) in [7, 11) is 0. The van der Waals surface area contributed by atoms with E-state index in [1.165, 1.54) is 4.80 Å². The van der Waals surface area contributed by atoms with Crippen LogP contribution in [0.4, 0.5) is 0 Å². The van der Waals surface area contributed by atoms with E-state index < -0.39 is 0 Å². The molecule has 0 fully saturated rings. The molecule has 0 saturated heterocycles. The minimum atomic E-state index is 0.123. The van der Waals surface area contributed by atoms with Crippen LogP contribution in [0.1, 0.15) is 23.7 Å². The normalized spacial score (nSPS) is 10.5. The third-order valence-electron chi connectivity index (χ3n) is 3.19. The van der Waals surface area contributed by atoms with E-state index in [1.807, 2.05) is 49.4 Å². The second kappa shape index (κ2) is 5.66. The SMILES string of the molecule is CCC(=O)c1ccc(-n2nnc(-c3ccccc3)n2)cc1. The molecule has 0 bridgehead atoms. The summed E-state index contributed by atoms with van der Waals surface area (Å²) in [5, 5.41) is 12.5. The van der Waals surface area contributed by atoms with Crippen LogP contribution in [-0.4, -0.2) is 26.0 Å². The van der Waals surface area contributed by atoms with Crippen molar-refractivity contribution >= 4 is 5.78 Å². The summed E-state index contributed by atoms with van der Waals surface area (Å²) >= 11 is 0. The van der Waals surface area contributed by atoms with Gasteiger partial charge in [0.05, 0.1) is 5.69 Å². The number of hydrogen-bond donors (Lipinski definition) is 0. The number of aromatic nitrogens is 4. The summed E-state index contributed by atoms with van der Waals surface area (Å²) < 4.78 is 0. The highest BCUT2D eigenvalue weighted by molar-refractivity contribution is 5.95. The monoisotopic (exact) mass is 278 g/mol. The van der Waals surface area contributed by atoms with Crippen molar-refractivity contribution in [2.75, 3.05) is 0 Å². The van der Waals surface area contributed by atoms with Gasteiger partial charge in [0, 0.05) is 17.5 Å². The molecule has 0 atom stereocenters. The summed E-state index contributed by atoms with van der Waals surface area (Å²) in [6.45, 7) is 1.85. The Labute approximate surface area is 122 Å². The first-order chi connectivity index (χ1) is 10.3. The average Bonchev–Trinajstić information content (AvgIpc) is 3.05. The molecular weight excluding hydrogens is 264 g/mol. The van der Waals surface area contributed by atoms with E-state index in [-0.39, 0.29) is 5.78 Å². The molecule has 0 aliphatic heterocycles. The zero-order valence-corrected chi connectivity index (χ0v) is 11.6. The van der Waals surface area contributed by atoms with Gasteiger partial charge in [-0.2, -0.15) is 0 Å². The van der Waals surface area contributed by atoms with Gasteiger partial charge in [-0.15, -0.1) is 15.0 Å². The molecule has 0 aliphatic rings. The van der Waals surface area contributed by atoms with Crippen LogP contribution in [0.2, 0.25) is 0 Å². The number of Topliss-reactive ketones (excluding diaryl/α,β-unsaturated/α-hetero) is 1. The molecule has 1 heterocycles. The molecule has 3 aromatic rings. The number of tetrazole rings is 1. The molecule has 5 nitrogen and oxygen atoms in total. The largest absolute Gasteiger partial charge is 0.294 e. The van der Waals surface area contributed by atoms with Crippen LogP contribution in [0.15, 0.2) is 54.6 Å². The molecule has 0 unspecified atom stereocenters. The van der Waals surface area contributed by atoms with Crippen LogP contribution in [0.25, 0.3) is 17.1 Å². The fourth-order valence-corrected chi connectivity index (χ4v) is 2.01. The summed E-state index contributed by atoms with van der Waals surface area (Å²) in [5.74, 6) is 0.697. The van der Waals surface area contributed by atoms with Gasteiger partial charge in [0.2, 0.25) is 5.82 Å². The molecule has 0 aliphatic carbocycles. The van der Waals surface area contributed by atoms with Gasteiger partial charge in [-0.05, 0) is 29.5 Å². The van der Waals surface area contributed by atoms with Crippen LogP contribution in [0.5, 0.6) is 0 Å². The Bertz CT molecular complexity index is 747. The van der Waals surface area contributed by atoms with Crippen molar-refractivity contribution in [2.24, 2.45) is 0 Å². The smallest absolute Gasteiger partial charge is 0.205 e. The van der Waals surface area contributed by atoms with Gasteiger partial charge in [-0.1, -0.05) is 37.3 Å². The van der Waals surface area contributed by atoms with E-state index >= 15 is 0 Å². The zero-order chi connectivity index (χ0) is 14.7. The number of carbonyl (C=O) groups excluding carboxylic acids is 1. The van der Waals surface area contributed by atoms with Crippen molar-refractivity contribution in [3.8, 4) is 17.1 Å². The molecule has 0 N–H and O–H groups in total. The van der Waals surface area contributed by atoms with Gasteiger partial charge < -0.3 is 0 Å². The number of rotatable bonds is 4. The molecule has 0 spiro atoms. The van der Waals surface area contributed by atoms with E-state index in [0.717, 1.165) is 11.3 Å². The molecule has 21 heavy (non-hydrogen) atoms. The third-order valence-corrected chi connectivity index (χ3v) is 3.19. The zero-order valence-electron chi connectivity index (χ0n) is 11.6. The Balaban J connectivity index is 1.88. The van der Waals surface area contributed by atoms with E-state index in [0.29, 0.717) is 17.8 Å². The van der Waals surface area contributed by atoms with Crippen molar-refractivity contribution in [1.29, 1.82) is 0 Å². The summed E-state index contributed by atoms with van der Waals surface area (Å²) in [6, 6.07) is 16.9. The van der Waals surface area contributed by atoms with Crippen LogP contribution < -0.4 is 0 Å². The van der Waals surface area contributed by atoms with Crippen LogP contribution in [-0.2, 0) is 0 Å². The standard InChI is InChI=1S/C16H14N4O/c1-2-15(21)12-8-10-14(11-9-12)20-18-16(17-19-20)13-6-4-3-5-7-13/h3-11H,2H2,1H3. The van der Waals surface area contributed by atoms with E-state index in [9.17, 15) is 4.79 Å². The van der Waals surface area contributed by atoms with Gasteiger partial charge in [0.1, 0.15) is 0 Å². The predicted octanol–water partition coefficient (Wildman–Crippen LogP) is 2.92. The minimum absolute atomic E-state index is 0.123. The van der Waals surface area contributed by atoms with Crippen molar-refractivity contribution in [1.82, 2.24) is 20.2 Å². The molecule has 104 valence electrons. The first kappa shape index (κ1) is 13.2. The second-order valence-electron chi connectivity index (χ2n) is 4.59. The Morgan fingerprint density at radius 3 is 2.43 bits per heavy atom. The van der Waals surface area contributed by atoms with Gasteiger partial charge in [0.25, 0.3) is 0 Å². The maximum atomic E-state index is 11.6. The topological polar surface area (TPSA) is 60.7 Å². The van der Waals surface area contributed by atoms with Crippen molar-refractivity contribution in [3.05, 3.63) is 60.2 Å². The predicted molar refractivity (Wildman–Crippen MR) is 79.2 cm³/mol. The summed E-state index contributed by atoms with van der Waals surface area (Å²) in [6.07, 6.45) is 0.499. The third kappa shape index (κ3) is 2.72. The highest BCUT2D eigenvalue weighted by atomic mass is 16.1. The lowest BCUT2D eigenvalue weighted by Crippen LogP contribution is -2.01. The fraction of sp³-hybridized carbons (Fsp3) is 0.125. The minimum Gasteiger partial charge on any atom is -0.294 e. The Kier molecular flexibility index (Phi) is 3.55. The lowest BCUT2D eigenvalue weighted by Gasteiger charge is -2.00. The van der Waals surface area contributed by atoms with E-state index in [4.69, 9.17) is 0 Å². The van der Waals surface area contributed by atoms with E-state index in [2.05, 4.69) is 15.4 Å². The Hall–Kier alpha value is -2.82. The number of carbonyl (C=O) groups is 1. The van der Waals surface area contributed by atoms with E-state index in [1.54, 1.807) is 12.1 Å². The highest BCUT2D eigenvalue weighted by Gasteiger charge is 2.08. The average molecular weight is 278 g/mol. The lowest BCUT2D eigenvalue weighted by atomic mass is 10.1. The Morgan fingerprint density at radius 2 is 1.76 bits per heavy atom. The molecule has 3 rings (SSSR count). The quantitative estimate of drug-likeness (QED) is 0.688. The van der Waals surface area contributed by atoms with Gasteiger partial charge in [-0.3, -0.25) is 4.79 Å². The van der Waals surface area contributed by atoms with Crippen LogP contribution in [0.3, 0.4) is 0 Å². The van der Waals surface area contributed by atoms with Gasteiger partial charge in [-0.25, -0.2) is 0 Å². The highest BCUT2D eigenvalue weighted by Crippen LogP contribution is 2.14. The number of ketones is 1. The van der Waals surface area contributed by atoms with Crippen molar-refractivity contribution < 1.29 is 4.79 Å². The van der Waals surface area contributed by atoms with Crippen molar-refractivity contribution in [3.63, 3.8) is 0 Å². The summed E-state index contributed by atoms with van der Waals surface area (Å²) in [5.41, 5.74) is 2.39. The van der Waals surface area contributed by atoms with Gasteiger partial charge in [0.15, 0.2) is 5.78 Å². The maximum Gasteiger partial charge on any atom is 0.205 e. The molecule has 0 amide bonds. The number of hydrogen-bond acceptors (Lipinski definition) is 4. The summed E-state index contributed by atoms with van der Waals surface area (Å²) in [4.78, 5) is 13.1. The fourth-order valence-electron chi connectivity index (χ4n) is 2.01. The first-order valence-electron chi connectivity index (χ1n) is 6.77. The van der Waals surface area contributed by atoms with Crippen LogP contribution in [0, 0.1) is 0 Å². The molecule has 2 aromatic carbocycles. The molecule has 0 radical (unpaired) electrons. The number of benzene rings is 2. The second-order valence-corrected chi connectivity index (χ2v) is 4.59. The maximum absolute atomic E-state index is 11.6. The molecule has 0 saturated carbocycles. The Morgan fingerprint density at radius 1 is 1.05 bits per heavy atom. The molecule has 1 aromatic heterocycles. The number of nitrogens with zero attached hydrogens (tertiary/aromatic N) is 4. The molecular formula is C16H14N4O. The van der Waals surface area contributed by atoms with Gasteiger partial charge >= 0.3 is 0 Å². The van der Waals surface area contributed by atoms with Crippen LogP contribution >= 0.6 is 0 Å².